The van der Waals surface area contributed by atoms with Crippen LogP contribution in [0.5, 0.6) is 11.5 Å². The van der Waals surface area contributed by atoms with Gasteiger partial charge in [-0.25, -0.2) is 4.98 Å². The highest BCUT2D eigenvalue weighted by Gasteiger charge is 2.48. The third kappa shape index (κ3) is 4.56. The number of amides is 1. The van der Waals surface area contributed by atoms with Crippen LogP contribution in [0.25, 0.3) is 16.8 Å². The van der Waals surface area contributed by atoms with Crippen molar-refractivity contribution in [2.45, 2.75) is 19.9 Å². The number of carbonyl (C=O) groups excluding carboxylic acids is 2. The van der Waals surface area contributed by atoms with Gasteiger partial charge >= 0.3 is 5.91 Å². The van der Waals surface area contributed by atoms with Crippen molar-refractivity contribution in [1.29, 1.82) is 0 Å². The lowest BCUT2D eigenvalue weighted by Crippen LogP contribution is -2.30. The predicted molar refractivity (Wildman–Crippen MR) is 151 cm³/mol. The van der Waals surface area contributed by atoms with Crippen molar-refractivity contribution in [3.63, 3.8) is 0 Å². The summed E-state index contributed by atoms with van der Waals surface area (Å²) in [6, 6.07) is 17.1. The number of aliphatic hydroxyl groups is 1. The maximum Gasteiger partial charge on any atom is 0.302 e. The van der Waals surface area contributed by atoms with E-state index in [0.29, 0.717) is 40.3 Å². The lowest BCUT2D eigenvalue weighted by molar-refractivity contribution is -0.132. The summed E-state index contributed by atoms with van der Waals surface area (Å²) < 4.78 is 10.9. The Labute approximate surface area is 226 Å². The Morgan fingerprint density at radius 1 is 1.08 bits per heavy atom. The fraction of sp³-hybridized carbons (Fsp3) is 0.233. The van der Waals surface area contributed by atoms with Gasteiger partial charge in [0, 0.05) is 31.4 Å². The first-order valence-electron chi connectivity index (χ1n) is 12.6. The summed E-state index contributed by atoms with van der Waals surface area (Å²) in [6.07, 6.45) is 0. The van der Waals surface area contributed by atoms with Crippen LogP contribution in [0.3, 0.4) is 0 Å². The van der Waals surface area contributed by atoms with Crippen molar-refractivity contribution in [2.75, 3.05) is 37.6 Å². The fourth-order valence-electron chi connectivity index (χ4n) is 4.81. The smallest absolute Gasteiger partial charge is 0.302 e. The third-order valence-electron chi connectivity index (χ3n) is 6.82. The van der Waals surface area contributed by atoms with Gasteiger partial charge in [0.2, 0.25) is 5.95 Å². The molecule has 1 atom stereocenters. The highest BCUT2D eigenvalue weighted by Crippen LogP contribution is 2.42. The second-order valence-corrected chi connectivity index (χ2v) is 9.51. The fourth-order valence-corrected chi connectivity index (χ4v) is 4.81. The van der Waals surface area contributed by atoms with E-state index in [1.54, 1.807) is 43.5 Å². The lowest BCUT2D eigenvalue weighted by atomic mass is 9.94. The maximum absolute atomic E-state index is 13.5. The van der Waals surface area contributed by atoms with Crippen LogP contribution < -0.4 is 19.3 Å². The first-order chi connectivity index (χ1) is 18.7. The minimum atomic E-state index is -0.907. The van der Waals surface area contributed by atoms with E-state index in [1.807, 2.05) is 57.1 Å². The first kappa shape index (κ1) is 25.8. The molecule has 1 fully saturated rings. The van der Waals surface area contributed by atoms with Crippen LogP contribution in [-0.4, -0.2) is 54.6 Å². The molecule has 1 aliphatic heterocycles. The zero-order valence-electron chi connectivity index (χ0n) is 22.5. The number of ether oxygens (including phenoxy) is 2. The number of Topliss-reactive ketones (excluding diaryl/α,β-unsaturated/α-hetero) is 1. The molecule has 1 amide bonds. The molecule has 39 heavy (non-hydrogen) atoms. The Bertz CT molecular complexity index is 1600. The molecule has 1 aliphatic rings. The molecule has 2 N–H and O–H groups in total. The molecule has 0 aliphatic carbocycles. The molecular formula is C30H30N4O5. The molecule has 3 aromatic carbocycles. The number of aromatic amines is 1. The zero-order valence-corrected chi connectivity index (χ0v) is 22.5. The van der Waals surface area contributed by atoms with Crippen molar-refractivity contribution in [2.24, 2.45) is 0 Å². The van der Waals surface area contributed by atoms with Crippen molar-refractivity contribution in [1.82, 2.24) is 9.97 Å². The molecule has 4 aromatic rings. The van der Waals surface area contributed by atoms with E-state index in [-0.39, 0.29) is 17.3 Å². The molecule has 1 aromatic heterocycles. The standard InChI is InChI=1S/C30H30N4O5/c1-6-39-24-14-9-19(15-17(24)2)27(35)25-26(18-7-10-20(11-8-18)33(3)4)34(29(37)28(25)36)30-31-22-13-12-21(38-5)16-23(22)32-30/h7-16,26,35H,6H2,1-5H3,(H,31,32)/b27-25+. The number of benzene rings is 3. The minimum Gasteiger partial charge on any atom is -0.507 e. The summed E-state index contributed by atoms with van der Waals surface area (Å²) in [5, 5.41) is 11.5. The molecule has 2 heterocycles. The van der Waals surface area contributed by atoms with Crippen LogP contribution in [-0.2, 0) is 9.59 Å². The van der Waals surface area contributed by atoms with Gasteiger partial charge in [0.15, 0.2) is 0 Å². The van der Waals surface area contributed by atoms with E-state index in [4.69, 9.17) is 9.47 Å². The van der Waals surface area contributed by atoms with Gasteiger partial charge in [0.05, 0.1) is 36.4 Å². The van der Waals surface area contributed by atoms with E-state index >= 15 is 0 Å². The number of ketones is 1. The van der Waals surface area contributed by atoms with E-state index < -0.39 is 17.7 Å². The van der Waals surface area contributed by atoms with Gasteiger partial charge in [-0.1, -0.05) is 12.1 Å². The van der Waals surface area contributed by atoms with E-state index in [1.165, 1.54) is 4.90 Å². The lowest BCUT2D eigenvalue weighted by Gasteiger charge is -2.24. The summed E-state index contributed by atoms with van der Waals surface area (Å²) in [6.45, 7) is 4.26. The van der Waals surface area contributed by atoms with E-state index in [0.717, 1.165) is 11.3 Å². The van der Waals surface area contributed by atoms with Gasteiger partial charge in [-0.05, 0) is 67.4 Å². The molecule has 0 saturated carbocycles. The highest BCUT2D eigenvalue weighted by atomic mass is 16.5. The van der Waals surface area contributed by atoms with Crippen molar-refractivity contribution in [3.8, 4) is 11.5 Å². The number of hydrogen-bond acceptors (Lipinski definition) is 7. The van der Waals surface area contributed by atoms with Crippen LogP contribution in [0, 0.1) is 6.92 Å². The van der Waals surface area contributed by atoms with Crippen LogP contribution in [0.15, 0.2) is 66.2 Å². The van der Waals surface area contributed by atoms with Crippen molar-refractivity contribution >= 4 is 40.1 Å². The van der Waals surface area contributed by atoms with Crippen molar-refractivity contribution < 1.29 is 24.2 Å². The van der Waals surface area contributed by atoms with Gasteiger partial charge in [-0.3, -0.25) is 14.5 Å². The van der Waals surface area contributed by atoms with Crippen molar-refractivity contribution in [3.05, 3.63) is 82.9 Å². The van der Waals surface area contributed by atoms with E-state index in [2.05, 4.69) is 9.97 Å². The second kappa shape index (κ2) is 10.2. The molecule has 1 saturated heterocycles. The zero-order chi connectivity index (χ0) is 27.8. The number of anilines is 2. The Morgan fingerprint density at radius 3 is 2.46 bits per heavy atom. The number of nitrogens with one attached hydrogen (secondary N) is 1. The minimum absolute atomic E-state index is 0.0146. The third-order valence-corrected chi connectivity index (χ3v) is 6.82. The first-order valence-corrected chi connectivity index (χ1v) is 12.6. The summed E-state index contributed by atoms with van der Waals surface area (Å²) in [7, 11) is 5.42. The highest BCUT2D eigenvalue weighted by molar-refractivity contribution is 6.51. The topological polar surface area (TPSA) is 108 Å². The largest absolute Gasteiger partial charge is 0.507 e. The molecular weight excluding hydrogens is 496 g/mol. The number of aliphatic hydroxyl groups excluding tert-OH is 1. The Kier molecular flexibility index (Phi) is 6.74. The molecule has 1 unspecified atom stereocenters. The van der Waals surface area contributed by atoms with Gasteiger partial charge in [-0.15, -0.1) is 0 Å². The Hall–Kier alpha value is -4.79. The number of imidazole rings is 1. The number of H-pyrrole nitrogens is 1. The molecule has 9 nitrogen and oxygen atoms in total. The normalized spacial score (nSPS) is 16.6. The predicted octanol–water partition coefficient (Wildman–Crippen LogP) is 4.97. The van der Waals surface area contributed by atoms with Gasteiger partial charge in [-0.2, -0.15) is 0 Å². The van der Waals surface area contributed by atoms with Crippen LogP contribution >= 0.6 is 0 Å². The quantitative estimate of drug-likeness (QED) is 0.199. The van der Waals surface area contributed by atoms with E-state index in [9.17, 15) is 14.7 Å². The molecule has 5 rings (SSSR count). The molecule has 0 spiro atoms. The van der Waals surface area contributed by atoms with Crippen LogP contribution in [0.4, 0.5) is 11.6 Å². The number of rotatable bonds is 7. The maximum atomic E-state index is 13.5. The number of aromatic nitrogens is 2. The Morgan fingerprint density at radius 2 is 1.82 bits per heavy atom. The number of hydrogen-bond donors (Lipinski definition) is 2. The summed E-state index contributed by atoms with van der Waals surface area (Å²) in [5.41, 5.74) is 4.06. The average molecular weight is 527 g/mol. The molecule has 0 radical (unpaired) electrons. The van der Waals surface area contributed by atoms with Crippen LogP contribution in [0.2, 0.25) is 0 Å². The summed E-state index contributed by atoms with van der Waals surface area (Å²) in [4.78, 5) is 38.1. The van der Waals surface area contributed by atoms with Crippen LogP contribution in [0.1, 0.15) is 29.7 Å². The Balaban J connectivity index is 1.69. The molecule has 0 bridgehead atoms. The average Bonchev–Trinajstić information content (AvgIpc) is 3.47. The molecule has 200 valence electrons. The number of aryl methyl sites for hydroxylation is 1. The van der Waals surface area contributed by atoms with Gasteiger partial charge in [0.1, 0.15) is 17.3 Å². The SMILES string of the molecule is CCOc1ccc(/C(O)=C2\C(=O)C(=O)N(c3nc4ccc(OC)cc4[nH]3)C2c2ccc(N(C)C)cc2)cc1C. The number of carbonyl (C=O) groups is 2. The summed E-state index contributed by atoms with van der Waals surface area (Å²) in [5.74, 6) is -0.333. The number of fused-ring (bicyclic) bond motifs is 1. The summed E-state index contributed by atoms with van der Waals surface area (Å²) >= 11 is 0. The van der Waals surface area contributed by atoms with Gasteiger partial charge < -0.3 is 24.5 Å². The van der Waals surface area contributed by atoms with Gasteiger partial charge in [0.25, 0.3) is 5.78 Å². The number of methoxy groups -OCH3 is 1. The number of nitrogens with zero attached hydrogens (tertiary/aromatic N) is 3. The second-order valence-electron chi connectivity index (χ2n) is 9.51. The monoisotopic (exact) mass is 526 g/mol. The molecule has 9 heteroatoms.